The van der Waals surface area contributed by atoms with E-state index in [1.165, 1.54) is 18.4 Å². The molecule has 2 heterocycles. The molecule has 2 rings (SSSR count). The minimum Gasteiger partial charge on any atom is -0.481 e. The maximum atomic E-state index is 5.69. The molecule has 1 atom stereocenters. The topological polar surface area (TPSA) is 60.2 Å². The van der Waals surface area contributed by atoms with Crippen molar-refractivity contribution in [1.29, 1.82) is 0 Å². The van der Waals surface area contributed by atoms with E-state index in [0.29, 0.717) is 18.3 Å². The molecule has 0 amide bonds. The van der Waals surface area contributed by atoms with E-state index in [1.807, 2.05) is 6.20 Å². The Morgan fingerprint density at radius 2 is 2.50 bits per heavy atom. The number of piperidine rings is 1. The van der Waals surface area contributed by atoms with E-state index in [0.717, 1.165) is 18.7 Å². The molecule has 0 aliphatic carbocycles. The number of nitrogens with two attached hydrogens (primary N) is 1. The molecular formula is C12H19N3O. The van der Waals surface area contributed by atoms with Gasteiger partial charge in [-0.2, -0.15) is 0 Å². The number of nitrogens with zero attached hydrogens (tertiary/aromatic N) is 1. The van der Waals surface area contributed by atoms with Crippen molar-refractivity contribution in [3.8, 4) is 5.88 Å². The Morgan fingerprint density at radius 3 is 3.12 bits per heavy atom. The van der Waals surface area contributed by atoms with Crippen LogP contribution in [0.25, 0.3) is 0 Å². The van der Waals surface area contributed by atoms with Gasteiger partial charge in [0.25, 0.3) is 0 Å². The molecule has 1 aliphatic heterocycles. The van der Waals surface area contributed by atoms with E-state index < -0.39 is 0 Å². The fourth-order valence-corrected chi connectivity index (χ4v) is 2.21. The summed E-state index contributed by atoms with van der Waals surface area (Å²) >= 11 is 0. The first-order valence-electron chi connectivity index (χ1n) is 5.78. The van der Waals surface area contributed by atoms with E-state index in [4.69, 9.17) is 10.5 Å². The van der Waals surface area contributed by atoms with Crippen molar-refractivity contribution in [2.24, 2.45) is 5.73 Å². The van der Waals surface area contributed by atoms with Crippen molar-refractivity contribution >= 4 is 0 Å². The van der Waals surface area contributed by atoms with Crippen molar-refractivity contribution in [3.05, 3.63) is 23.4 Å². The van der Waals surface area contributed by atoms with Gasteiger partial charge in [-0.3, -0.25) is 0 Å². The Morgan fingerprint density at radius 1 is 1.62 bits per heavy atom. The van der Waals surface area contributed by atoms with Crippen LogP contribution in [0.1, 0.15) is 29.9 Å². The summed E-state index contributed by atoms with van der Waals surface area (Å²) in [7, 11) is 1.63. The van der Waals surface area contributed by atoms with Gasteiger partial charge in [-0.1, -0.05) is 0 Å². The Labute approximate surface area is 96.2 Å². The third-order valence-corrected chi connectivity index (χ3v) is 3.13. The maximum absolute atomic E-state index is 5.69. The minimum atomic E-state index is 0.476. The Balaban J connectivity index is 2.20. The summed E-state index contributed by atoms with van der Waals surface area (Å²) in [6, 6.07) is 2.13. The summed E-state index contributed by atoms with van der Waals surface area (Å²) in [5.41, 5.74) is 7.95. The van der Waals surface area contributed by atoms with Gasteiger partial charge in [0, 0.05) is 24.8 Å². The quantitative estimate of drug-likeness (QED) is 0.800. The normalized spacial score (nSPS) is 20.8. The highest BCUT2D eigenvalue weighted by molar-refractivity contribution is 5.31. The lowest BCUT2D eigenvalue weighted by Gasteiger charge is -2.23. The lowest BCUT2D eigenvalue weighted by Crippen LogP contribution is -2.28. The average Bonchev–Trinajstić information content (AvgIpc) is 2.39. The van der Waals surface area contributed by atoms with E-state index in [-0.39, 0.29) is 0 Å². The fourth-order valence-electron chi connectivity index (χ4n) is 2.21. The lowest BCUT2D eigenvalue weighted by atomic mass is 9.92. The number of hydrogen-bond acceptors (Lipinski definition) is 4. The molecule has 0 saturated carbocycles. The molecule has 3 N–H and O–H groups in total. The second kappa shape index (κ2) is 5.27. The smallest absolute Gasteiger partial charge is 0.217 e. The van der Waals surface area contributed by atoms with Crippen LogP contribution in [0.5, 0.6) is 5.88 Å². The maximum Gasteiger partial charge on any atom is 0.217 e. The van der Waals surface area contributed by atoms with Gasteiger partial charge in [-0.05, 0) is 36.9 Å². The molecule has 88 valence electrons. The number of ether oxygens (including phenoxy) is 1. The minimum absolute atomic E-state index is 0.476. The number of methoxy groups -OCH3 is 1. The molecule has 0 spiro atoms. The summed E-state index contributed by atoms with van der Waals surface area (Å²) in [6.07, 6.45) is 4.37. The first kappa shape index (κ1) is 11.4. The highest BCUT2D eigenvalue weighted by atomic mass is 16.5. The molecule has 0 aromatic carbocycles. The summed E-state index contributed by atoms with van der Waals surface area (Å²) in [4.78, 5) is 4.31. The molecule has 0 bridgehead atoms. The zero-order valence-electron chi connectivity index (χ0n) is 9.70. The molecule has 16 heavy (non-hydrogen) atoms. The number of aromatic nitrogens is 1. The summed E-state index contributed by atoms with van der Waals surface area (Å²) in [6.45, 7) is 2.64. The van der Waals surface area contributed by atoms with Gasteiger partial charge in [0.15, 0.2) is 0 Å². The molecule has 1 aromatic heterocycles. The summed E-state index contributed by atoms with van der Waals surface area (Å²) in [5.74, 6) is 1.22. The van der Waals surface area contributed by atoms with Gasteiger partial charge in [0.05, 0.1) is 7.11 Å². The van der Waals surface area contributed by atoms with Crippen molar-refractivity contribution in [1.82, 2.24) is 10.3 Å². The molecule has 1 saturated heterocycles. The van der Waals surface area contributed by atoms with E-state index in [2.05, 4.69) is 16.4 Å². The predicted octanol–water partition coefficient (Wildman–Crippen LogP) is 1.02. The monoisotopic (exact) mass is 221 g/mol. The summed E-state index contributed by atoms with van der Waals surface area (Å²) in [5, 5.41) is 3.41. The van der Waals surface area contributed by atoms with Crippen molar-refractivity contribution in [3.63, 3.8) is 0 Å². The summed E-state index contributed by atoms with van der Waals surface area (Å²) < 4.78 is 5.17. The number of nitrogens with one attached hydrogen (secondary N) is 1. The van der Waals surface area contributed by atoms with Crippen LogP contribution < -0.4 is 15.8 Å². The van der Waals surface area contributed by atoms with Gasteiger partial charge >= 0.3 is 0 Å². The third kappa shape index (κ3) is 2.33. The van der Waals surface area contributed by atoms with E-state index >= 15 is 0 Å². The third-order valence-electron chi connectivity index (χ3n) is 3.13. The van der Waals surface area contributed by atoms with Crippen LogP contribution in [0.2, 0.25) is 0 Å². The molecule has 0 radical (unpaired) electrons. The van der Waals surface area contributed by atoms with Gasteiger partial charge in [-0.25, -0.2) is 4.98 Å². The second-order valence-corrected chi connectivity index (χ2v) is 4.18. The first-order chi connectivity index (χ1) is 7.85. The number of rotatable bonds is 3. The van der Waals surface area contributed by atoms with Gasteiger partial charge < -0.3 is 15.8 Å². The zero-order valence-corrected chi connectivity index (χ0v) is 9.70. The van der Waals surface area contributed by atoms with Crippen LogP contribution in [0, 0.1) is 0 Å². The second-order valence-electron chi connectivity index (χ2n) is 4.18. The van der Waals surface area contributed by atoms with Crippen LogP contribution >= 0.6 is 0 Å². The highest BCUT2D eigenvalue weighted by Crippen LogP contribution is 2.25. The Hall–Kier alpha value is -1.13. The van der Waals surface area contributed by atoms with Crippen molar-refractivity contribution < 1.29 is 4.74 Å². The van der Waals surface area contributed by atoms with Crippen LogP contribution in [-0.2, 0) is 6.54 Å². The largest absolute Gasteiger partial charge is 0.481 e. The molecule has 4 nitrogen and oxygen atoms in total. The van der Waals surface area contributed by atoms with Crippen LogP contribution in [-0.4, -0.2) is 25.2 Å². The van der Waals surface area contributed by atoms with E-state index in [1.54, 1.807) is 7.11 Å². The van der Waals surface area contributed by atoms with Crippen LogP contribution in [0.15, 0.2) is 12.3 Å². The molecule has 1 fully saturated rings. The molecule has 1 aliphatic rings. The van der Waals surface area contributed by atoms with Crippen molar-refractivity contribution in [2.75, 3.05) is 20.2 Å². The van der Waals surface area contributed by atoms with Crippen LogP contribution in [0.4, 0.5) is 0 Å². The zero-order chi connectivity index (χ0) is 11.4. The number of pyridine rings is 1. The SMILES string of the molecule is COc1ncc(C2CCCNC2)cc1CN. The van der Waals surface area contributed by atoms with Gasteiger partial charge in [0.1, 0.15) is 0 Å². The predicted molar refractivity (Wildman–Crippen MR) is 63.5 cm³/mol. The van der Waals surface area contributed by atoms with E-state index in [9.17, 15) is 0 Å². The van der Waals surface area contributed by atoms with Crippen LogP contribution in [0.3, 0.4) is 0 Å². The van der Waals surface area contributed by atoms with Gasteiger partial charge in [0.2, 0.25) is 5.88 Å². The molecule has 4 heteroatoms. The van der Waals surface area contributed by atoms with Crippen molar-refractivity contribution in [2.45, 2.75) is 25.3 Å². The lowest BCUT2D eigenvalue weighted by molar-refractivity contribution is 0.391. The van der Waals surface area contributed by atoms with Gasteiger partial charge in [-0.15, -0.1) is 0 Å². The highest BCUT2D eigenvalue weighted by Gasteiger charge is 2.16. The first-order valence-corrected chi connectivity index (χ1v) is 5.78. The average molecular weight is 221 g/mol. The fraction of sp³-hybridized carbons (Fsp3) is 0.583. The Kier molecular flexibility index (Phi) is 3.74. The Bertz CT molecular complexity index is 348. The molecule has 1 aromatic rings. The standard InChI is InChI=1S/C12H19N3O/c1-16-12-10(6-13)5-11(8-15-12)9-3-2-4-14-7-9/h5,8-9,14H,2-4,6-7,13H2,1H3. The molecular weight excluding hydrogens is 202 g/mol. The number of hydrogen-bond donors (Lipinski definition) is 2. The molecule has 1 unspecified atom stereocenters.